The van der Waals surface area contributed by atoms with Crippen LogP contribution in [0.1, 0.15) is 25.0 Å². The maximum Gasteiger partial charge on any atom is 0.229 e. The molecule has 1 aromatic rings. The van der Waals surface area contributed by atoms with E-state index in [4.69, 9.17) is 0 Å². The molecule has 2 fully saturated rings. The Morgan fingerprint density at radius 3 is 2.65 bits per heavy atom. The summed E-state index contributed by atoms with van der Waals surface area (Å²) in [6, 6.07) is 5.61. The van der Waals surface area contributed by atoms with E-state index in [9.17, 15) is 9.59 Å². The molecule has 0 unspecified atom stereocenters. The van der Waals surface area contributed by atoms with Crippen molar-refractivity contribution in [2.24, 2.45) is 5.41 Å². The zero-order chi connectivity index (χ0) is 16.3. The second-order valence-corrected chi connectivity index (χ2v) is 6.45. The quantitative estimate of drug-likeness (QED) is 0.794. The topological polar surface area (TPSA) is 53.5 Å². The highest BCUT2D eigenvalue weighted by Gasteiger charge is 2.48. The molecule has 0 radical (unpaired) electrons. The highest BCUT2D eigenvalue weighted by Crippen LogP contribution is 2.41. The van der Waals surface area contributed by atoms with Crippen LogP contribution in [0.2, 0.25) is 0 Å². The Hall–Kier alpha value is -2.17. The van der Waals surface area contributed by atoms with E-state index >= 15 is 0 Å². The Bertz CT molecular complexity index is 592. The first kappa shape index (κ1) is 15.7. The van der Waals surface area contributed by atoms with Crippen LogP contribution in [0.4, 0.5) is 0 Å². The van der Waals surface area contributed by atoms with Crippen molar-refractivity contribution in [3.8, 4) is 0 Å². The number of piperidine rings is 1. The third-order valence-electron chi connectivity index (χ3n) is 5.08. The Morgan fingerprint density at radius 1 is 1.26 bits per heavy atom. The molecule has 5 nitrogen and oxygen atoms in total. The largest absolute Gasteiger partial charge is 0.342 e. The summed E-state index contributed by atoms with van der Waals surface area (Å²) in [7, 11) is 0. The summed E-state index contributed by atoms with van der Waals surface area (Å²) in [4.78, 5) is 33.0. The number of carbonyl (C=O) groups is 2. The molecule has 122 valence electrons. The van der Waals surface area contributed by atoms with Crippen LogP contribution in [-0.4, -0.2) is 52.8 Å². The molecule has 0 N–H and O–H groups in total. The Kier molecular flexibility index (Phi) is 4.46. The summed E-state index contributed by atoms with van der Waals surface area (Å²) < 4.78 is 0. The number of carbonyl (C=O) groups excluding carboxylic acids is 2. The summed E-state index contributed by atoms with van der Waals surface area (Å²) in [6.45, 7) is 6.49. The van der Waals surface area contributed by atoms with Gasteiger partial charge in [-0.15, -0.1) is 6.58 Å². The number of nitrogens with zero attached hydrogens (tertiary/aromatic N) is 3. The molecule has 1 spiro atoms. The van der Waals surface area contributed by atoms with E-state index in [1.807, 2.05) is 28.0 Å². The number of likely N-dealkylation sites (tertiary alicyclic amines) is 2. The van der Waals surface area contributed by atoms with Crippen molar-refractivity contribution >= 4 is 11.8 Å². The molecule has 2 aliphatic heterocycles. The van der Waals surface area contributed by atoms with Crippen LogP contribution in [0, 0.1) is 5.41 Å². The number of hydrogen-bond donors (Lipinski definition) is 0. The van der Waals surface area contributed by atoms with Gasteiger partial charge in [0.25, 0.3) is 0 Å². The Morgan fingerprint density at radius 2 is 2.00 bits per heavy atom. The van der Waals surface area contributed by atoms with E-state index in [2.05, 4.69) is 11.6 Å². The van der Waals surface area contributed by atoms with E-state index in [0.717, 1.165) is 31.5 Å². The molecule has 2 aliphatic rings. The minimum absolute atomic E-state index is 0.104. The van der Waals surface area contributed by atoms with Crippen LogP contribution in [0.5, 0.6) is 0 Å². The lowest BCUT2D eigenvalue weighted by atomic mass is 9.77. The third kappa shape index (κ3) is 3.14. The van der Waals surface area contributed by atoms with Crippen LogP contribution >= 0.6 is 0 Å². The first-order chi connectivity index (χ1) is 11.1. The van der Waals surface area contributed by atoms with E-state index in [1.54, 1.807) is 12.3 Å². The normalized spacial score (nSPS) is 20.1. The van der Waals surface area contributed by atoms with Gasteiger partial charge in [-0.05, 0) is 31.4 Å². The molecular weight excluding hydrogens is 290 g/mol. The van der Waals surface area contributed by atoms with E-state index in [1.165, 1.54) is 0 Å². The van der Waals surface area contributed by atoms with Crippen LogP contribution in [-0.2, 0) is 16.0 Å². The molecule has 0 atom stereocenters. The van der Waals surface area contributed by atoms with Crippen molar-refractivity contribution in [2.45, 2.75) is 25.7 Å². The average Bonchev–Trinajstić information content (AvgIpc) is 2.86. The molecule has 3 heterocycles. The maximum atomic E-state index is 12.6. The summed E-state index contributed by atoms with van der Waals surface area (Å²) in [6.07, 6.45) is 6.27. The zero-order valence-electron chi connectivity index (χ0n) is 13.4. The highest BCUT2D eigenvalue weighted by atomic mass is 16.2. The lowest BCUT2D eigenvalue weighted by molar-refractivity contribution is -0.142. The summed E-state index contributed by atoms with van der Waals surface area (Å²) >= 11 is 0. The smallest absolute Gasteiger partial charge is 0.229 e. The first-order valence-corrected chi connectivity index (χ1v) is 8.23. The molecule has 0 bridgehead atoms. The van der Waals surface area contributed by atoms with Gasteiger partial charge >= 0.3 is 0 Å². The van der Waals surface area contributed by atoms with Gasteiger partial charge in [-0.3, -0.25) is 14.6 Å². The fourth-order valence-corrected chi connectivity index (χ4v) is 3.64. The number of aromatic nitrogens is 1. The van der Waals surface area contributed by atoms with Crippen LogP contribution in [0.3, 0.4) is 0 Å². The van der Waals surface area contributed by atoms with E-state index < -0.39 is 0 Å². The average molecular weight is 313 g/mol. The van der Waals surface area contributed by atoms with Gasteiger partial charge in [0.2, 0.25) is 11.8 Å². The van der Waals surface area contributed by atoms with Crippen LogP contribution in [0.15, 0.2) is 37.1 Å². The number of hydrogen-bond acceptors (Lipinski definition) is 3. The Labute approximate surface area is 137 Å². The van der Waals surface area contributed by atoms with Crippen LogP contribution in [0.25, 0.3) is 0 Å². The number of pyridine rings is 1. The molecule has 0 saturated carbocycles. The minimum Gasteiger partial charge on any atom is -0.342 e. The maximum absolute atomic E-state index is 12.6. The summed E-state index contributed by atoms with van der Waals surface area (Å²) in [5.74, 6) is 0.348. The minimum atomic E-state index is -0.245. The fourth-order valence-electron chi connectivity index (χ4n) is 3.64. The second kappa shape index (κ2) is 6.52. The van der Waals surface area contributed by atoms with Crippen molar-refractivity contribution in [3.63, 3.8) is 0 Å². The molecule has 2 amide bonds. The highest BCUT2D eigenvalue weighted by molar-refractivity contribution is 5.85. The van der Waals surface area contributed by atoms with E-state index in [-0.39, 0.29) is 17.2 Å². The van der Waals surface area contributed by atoms with Crippen molar-refractivity contribution in [3.05, 3.63) is 42.7 Å². The number of rotatable bonds is 4. The SMILES string of the molecule is C=CCN1CCC2(CCN(C(=O)Cc3ccccn3)CC2)C1=O. The lowest BCUT2D eigenvalue weighted by Crippen LogP contribution is -2.47. The molecule has 5 heteroatoms. The van der Waals surface area contributed by atoms with Gasteiger partial charge < -0.3 is 9.80 Å². The monoisotopic (exact) mass is 313 g/mol. The molecule has 0 aromatic carbocycles. The predicted octanol–water partition coefficient (Wildman–Crippen LogP) is 1.65. The van der Waals surface area contributed by atoms with Gasteiger partial charge in [0.15, 0.2) is 0 Å². The van der Waals surface area contributed by atoms with Gasteiger partial charge in [0, 0.05) is 38.1 Å². The first-order valence-electron chi connectivity index (χ1n) is 8.23. The summed E-state index contributed by atoms with van der Waals surface area (Å²) in [5.41, 5.74) is 0.553. The van der Waals surface area contributed by atoms with Crippen LogP contribution < -0.4 is 0 Å². The fraction of sp³-hybridized carbons (Fsp3) is 0.500. The number of amides is 2. The van der Waals surface area contributed by atoms with Gasteiger partial charge in [-0.25, -0.2) is 0 Å². The van der Waals surface area contributed by atoms with Gasteiger partial charge in [-0.1, -0.05) is 12.1 Å². The standard InChI is InChI=1S/C18H23N3O2/c1-2-10-21-13-8-18(17(21)23)6-11-20(12-7-18)16(22)14-15-5-3-4-9-19-15/h2-5,9H,1,6-8,10-14H2. The molecule has 0 aliphatic carbocycles. The zero-order valence-corrected chi connectivity index (χ0v) is 13.4. The molecule has 2 saturated heterocycles. The lowest BCUT2D eigenvalue weighted by Gasteiger charge is -2.38. The van der Waals surface area contributed by atoms with E-state index in [0.29, 0.717) is 26.1 Å². The molecule has 1 aromatic heterocycles. The van der Waals surface area contributed by atoms with Crippen molar-refractivity contribution in [1.29, 1.82) is 0 Å². The van der Waals surface area contributed by atoms with Crippen molar-refractivity contribution in [2.75, 3.05) is 26.2 Å². The Balaban J connectivity index is 1.57. The second-order valence-electron chi connectivity index (χ2n) is 6.45. The van der Waals surface area contributed by atoms with Gasteiger partial charge in [0.1, 0.15) is 0 Å². The van der Waals surface area contributed by atoms with Gasteiger partial charge in [-0.2, -0.15) is 0 Å². The summed E-state index contributed by atoms with van der Waals surface area (Å²) in [5, 5.41) is 0. The van der Waals surface area contributed by atoms with Crippen molar-refractivity contribution < 1.29 is 9.59 Å². The third-order valence-corrected chi connectivity index (χ3v) is 5.08. The molecule has 23 heavy (non-hydrogen) atoms. The molecular formula is C18H23N3O2. The predicted molar refractivity (Wildman–Crippen MR) is 87.6 cm³/mol. The van der Waals surface area contributed by atoms with Gasteiger partial charge in [0.05, 0.1) is 11.8 Å². The van der Waals surface area contributed by atoms with Crippen molar-refractivity contribution in [1.82, 2.24) is 14.8 Å². The molecule has 3 rings (SSSR count).